The molecule has 1 heterocycles. The Morgan fingerprint density at radius 1 is 1.47 bits per heavy atom. The van der Waals surface area contributed by atoms with E-state index in [1.165, 1.54) is 0 Å². The van der Waals surface area contributed by atoms with Gasteiger partial charge >= 0.3 is 0 Å². The average Bonchev–Trinajstić information content (AvgIpc) is 2.32. The summed E-state index contributed by atoms with van der Waals surface area (Å²) in [6.45, 7) is 4.07. The summed E-state index contributed by atoms with van der Waals surface area (Å²) in [5.74, 6) is 0. The normalized spacial score (nSPS) is 23.8. The maximum absolute atomic E-state index is 10.1. The molecular weight excluding hydrogens is 304 g/mol. The van der Waals surface area contributed by atoms with E-state index in [2.05, 4.69) is 20.3 Å². The number of nitrogens with zero attached hydrogens (tertiary/aromatic N) is 2. The van der Waals surface area contributed by atoms with Gasteiger partial charge in [-0.1, -0.05) is 15.9 Å². The number of morpholine rings is 1. The van der Waals surface area contributed by atoms with Crippen LogP contribution in [0.5, 0.6) is 0 Å². The van der Waals surface area contributed by atoms with Crippen molar-refractivity contribution in [2.45, 2.75) is 13.0 Å². The lowest BCUT2D eigenvalue weighted by molar-refractivity contribution is 0.0404. The minimum Gasteiger partial charge on any atom is -0.378 e. The van der Waals surface area contributed by atoms with Gasteiger partial charge in [-0.05, 0) is 31.2 Å². The molecule has 0 aromatic heterocycles. The molecule has 0 bridgehead atoms. The zero-order valence-corrected chi connectivity index (χ0v) is 11.9. The molecule has 0 spiro atoms. The highest BCUT2D eigenvalue weighted by atomic mass is 79.9. The van der Waals surface area contributed by atoms with E-state index in [1.807, 2.05) is 35.5 Å². The summed E-state index contributed by atoms with van der Waals surface area (Å²) < 4.78 is 22.7. The van der Waals surface area contributed by atoms with Crippen LogP contribution in [0.25, 0.3) is 0 Å². The van der Waals surface area contributed by atoms with Crippen LogP contribution in [0.4, 0.5) is 5.69 Å². The summed E-state index contributed by atoms with van der Waals surface area (Å²) in [4.78, 5) is 0. The first-order valence-corrected chi connectivity index (χ1v) is 7.31. The fourth-order valence-corrected chi connectivity index (χ4v) is 2.90. The zero-order chi connectivity index (χ0) is 12.3. The molecule has 17 heavy (non-hydrogen) atoms. The molecule has 0 saturated carbocycles. The molecule has 2 rings (SSSR count). The van der Waals surface area contributed by atoms with E-state index in [1.54, 1.807) is 0 Å². The molecule has 2 atom stereocenters. The third-order valence-corrected chi connectivity index (χ3v) is 4.39. The van der Waals surface area contributed by atoms with Crippen LogP contribution >= 0.6 is 15.9 Å². The third-order valence-electron chi connectivity index (χ3n) is 2.53. The molecule has 1 N–H and O–H groups in total. The second-order valence-corrected chi connectivity index (χ2v) is 5.93. The fourth-order valence-electron chi connectivity index (χ4n) is 1.60. The first kappa shape index (κ1) is 13.2. The van der Waals surface area contributed by atoms with Gasteiger partial charge in [-0.15, -0.1) is 0 Å². The number of rotatable bonds is 2. The predicted molar refractivity (Wildman–Crippen MR) is 73.2 cm³/mol. The van der Waals surface area contributed by atoms with Gasteiger partial charge in [0.2, 0.25) is 0 Å². The summed E-state index contributed by atoms with van der Waals surface area (Å²) in [6, 6.07) is 7.80. The van der Waals surface area contributed by atoms with Crippen molar-refractivity contribution in [3.05, 3.63) is 28.7 Å². The van der Waals surface area contributed by atoms with E-state index in [-0.39, 0.29) is 6.04 Å². The van der Waals surface area contributed by atoms with Crippen LogP contribution in [0, 0.1) is 0 Å². The van der Waals surface area contributed by atoms with E-state index in [0.717, 1.165) is 16.7 Å². The maximum atomic E-state index is 10.1. The largest absolute Gasteiger partial charge is 0.378 e. The topological polar surface area (TPSA) is 45.1 Å². The molecule has 0 amide bonds. The Labute approximate surface area is 112 Å². The highest BCUT2D eigenvalue weighted by Crippen LogP contribution is 2.19. The number of hydrogen-bond donors (Lipinski definition) is 1. The van der Waals surface area contributed by atoms with Crippen molar-refractivity contribution in [1.29, 1.82) is 0 Å². The molecule has 6 heteroatoms. The number of ether oxygens (including phenoxy) is 1. The first-order valence-electron chi connectivity index (χ1n) is 5.42. The van der Waals surface area contributed by atoms with Crippen LogP contribution < -0.4 is 0 Å². The van der Waals surface area contributed by atoms with Gasteiger partial charge in [-0.2, -0.15) is 4.36 Å². The Morgan fingerprint density at radius 2 is 2.18 bits per heavy atom. The molecular formula is C11H15BrN2O2S. The van der Waals surface area contributed by atoms with Crippen molar-refractivity contribution in [3.63, 3.8) is 0 Å². The lowest BCUT2D eigenvalue weighted by Crippen LogP contribution is -2.44. The minimum absolute atomic E-state index is 0.205. The molecule has 4 nitrogen and oxygen atoms in total. The molecule has 1 aromatic rings. The monoisotopic (exact) mass is 318 g/mol. The summed E-state index contributed by atoms with van der Waals surface area (Å²) in [7, 11) is 0. The molecule has 94 valence electrons. The lowest BCUT2D eigenvalue weighted by atomic mass is 10.3. The highest BCUT2D eigenvalue weighted by Gasteiger charge is 2.21. The smallest absolute Gasteiger partial charge is 0.112 e. The summed E-state index contributed by atoms with van der Waals surface area (Å²) in [6.07, 6.45) is 0. The predicted octanol–water partition coefficient (Wildman–Crippen LogP) is 2.99. The Bertz CT molecular complexity index is 410. The highest BCUT2D eigenvalue weighted by molar-refractivity contribution is 9.10. The molecule has 1 fully saturated rings. The Balaban J connectivity index is 2.12. The standard InChI is InChI=1S/C11H15BrN2O2S/c1-9-8-16-7-6-14(9)17(15)13-11-4-2-10(12)3-5-11/h2-5,9H,6-8H2,1H3,(H,13,15). The maximum Gasteiger partial charge on any atom is 0.112 e. The van der Waals surface area contributed by atoms with Crippen LogP contribution in [-0.4, -0.2) is 34.7 Å². The van der Waals surface area contributed by atoms with Crippen molar-refractivity contribution < 1.29 is 9.29 Å². The van der Waals surface area contributed by atoms with Gasteiger partial charge in [0.05, 0.1) is 18.9 Å². The van der Waals surface area contributed by atoms with Crippen LogP contribution in [0.15, 0.2) is 33.1 Å². The van der Waals surface area contributed by atoms with E-state index in [0.29, 0.717) is 13.2 Å². The molecule has 1 aliphatic rings. The summed E-state index contributed by atoms with van der Waals surface area (Å²) in [5.41, 5.74) is 0.790. The van der Waals surface area contributed by atoms with Crippen molar-refractivity contribution in [1.82, 2.24) is 4.31 Å². The molecule has 0 radical (unpaired) electrons. The average molecular weight is 319 g/mol. The van der Waals surface area contributed by atoms with Gasteiger partial charge < -0.3 is 9.29 Å². The quantitative estimate of drug-likeness (QED) is 0.911. The molecule has 1 aliphatic heterocycles. The van der Waals surface area contributed by atoms with Gasteiger partial charge in [0.15, 0.2) is 0 Å². The second kappa shape index (κ2) is 6.06. The molecule has 1 aromatic carbocycles. The van der Waals surface area contributed by atoms with E-state index in [9.17, 15) is 4.55 Å². The van der Waals surface area contributed by atoms with Crippen LogP contribution in [0.1, 0.15) is 6.92 Å². The SMILES string of the molecule is CC1COCCN1S(O)=Nc1ccc(Br)cc1. The minimum atomic E-state index is -1.08. The van der Waals surface area contributed by atoms with E-state index >= 15 is 0 Å². The van der Waals surface area contributed by atoms with Crippen LogP contribution in [-0.2, 0) is 15.9 Å². The van der Waals surface area contributed by atoms with Crippen molar-refractivity contribution >= 4 is 32.8 Å². The molecule has 0 aliphatic carbocycles. The number of halogens is 1. The van der Waals surface area contributed by atoms with Gasteiger partial charge in [-0.25, -0.2) is 4.31 Å². The van der Waals surface area contributed by atoms with Gasteiger partial charge in [0.25, 0.3) is 0 Å². The van der Waals surface area contributed by atoms with Gasteiger partial charge in [0, 0.05) is 17.1 Å². The van der Waals surface area contributed by atoms with E-state index in [4.69, 9.17) is 4.74 Å². The summed E-state index contributed by atoms with van der Waals surface area (Å²) >= 11 is 2.29. The van der Waals surface area contributed by atoms with Crippen molar-refractivity contribution in [2.24, 2.45) is 4.36 Å². The lowest BCUT2D eigenvalue weighted by Gasteiger charge is -2.31. The van der Waals surface area contributed by atoms with Crippen LogP contribution in [0.2, 0.25) is 0 Å². The van der Waals surface area contributed by atoms with Crippen molar-refractivity contribution in [2.75, 3.05) is 19.8 Å². The summed E-state index contributed by atoms with van der Waals surface area (Å²) in [5, 5.41) is 0. The second-order valence-electron chi connectivity index (χ2n) is 3.88. The molecule has 2 unspecified atom stereocenters. The zero-order valence-electron chi connectivity index (χ0n) is 9.54. The fraction of sp³-hybridized carbons (Fsp3) is 0.455. The van der Waals surface area contributed by atoms with E-state index < -0.39 is 11.2 Å². The third kappa shape index (κ3) is 3.59. The van der Waals surface area contributed by atoms with Gasteiger partial charge in [0.1, 0.15) is 11.2 Å². The first-order chi connectivity index (χ1) is 8.16. The Kier molecular flexibility index (Phi) is 4.69. The Hall–Kier alpha value is -0.270. The number of hydrogen-bond acceptors (Lipinski definition) is 2. The van der Waals surface area contributed by atoms with Crippen molar-refractivity contribution in [3.8, 4) is 0 Å². The Morgan fingerprint density at radius 3 is 2.82 bits per heavy atom. The van der Waals surface area contributed by atoms with Gasteiger partial charge in [-0.3, -0.25) is 0 Å². The van der Waals surface area contributed by atoms with Crippen LogP contribution in [0.3, 0.4) is 0 Å². The molecule has 1 saturated heterocycles. The number of benzene rings is 1.